The third-order valence-corrected chi connectivity index (χ3v) is 1.47. The second-order valence-corrected chi connectivity index (χ2v) is 2.38. The van der Waals surface area contributed by atoms with Gasteiger partial charge in [-0.25, -0.2) is 0 Å². The third kappa shape index (κ3) is 1.76. The summed E-state index contributed by atoms with van der Waals surface area (Å²) in [5.41, 5.74) is 1.42. The van der Waals surface area contributed by atoms with E-state index in [0.717, 1.165) is 5.56 Å². The molecule has 0 unspecified atom stereocenters. The fourth-order valence-corrected chi connectivity index (χ4v) is 0.934. The van der Waals surface area contributed by atoms with E-state index in [1.807, 2.05) is 6.92 Å². The molecule has 61 valence electrons. The molecule has 0 saturated heterocycles. The van der Waals surface area contributed by atoms with Crippen LogP contribution < -0.4 is 4.74 Å². The SMILES string of the molecule is [CH2]c1ccc(C#N)c(OCC)c1. The van der Waals surface area contributed by atoms with Crippen molar-refractivity contribution < 1.29 is 4.74 Å². The van der Waals surface area contributed by atoms with E-state index in [0.29, 0.717) is 17.9 Å². The van der Waals surface area contributed by atoms with Crippen LogP contribution in [0.3, 0.4) is 0 Å². The summed E-state index contributed by atoms with van der Waals surface area (Å²) in [4.78, 5) is 0. The Morgan fingerprint density at radius 3 is 2.92 bits per heavy atom. The van der Waals surface area contributed by atoms with Gasteiger partial charge in [-0.2, -0.15) is 5.26 Å². The lowest BCUT2D eigenvalue weighted by Crippen LogP contribution is -1.94. The summed E-state index contributed by atoms with van der Waals surface area (Å²) in [7, 11) is 0. The van der Waals surface area contributed by atoms with Crippen LogP contribution in [-0.2, 0) is 0 Å². The van der Waals surface area contributed by atoms with Crippen LogP contribution in [0.1, 0.15) is 18.1 Å². The van der Waals surface area contributed by atoms with Crippen molar-refractivity contribution in [3.8, 4) is 11.8 Å². The van der Waals surface area contributed by atoms with Gasteiger partial charge < -0.3 is 4.74 Å². The highest BCUT2D eigenvalue weighted by molar-refractivity contribution is 5.45. The van der Waals surface area contributed by atoms with Gasteiger partial charge in [0.15, 0.2) is 0 Å². The van der Waals surface area contributed by atoms with Crippen LogP contribution in [-0.4, -0.2) is 6.61 Å². The Labute approximate surface area is 72.4 Å². The maximum absolute atomic E-state index is 8.69. The predicted molar refractivity (Wildman–Crippen MR) is 46.8 cm³/mol. The molecular formula is C10H10NO. The van der Waals surface area contributed by atoms with Crippen molar-refractivity contribution in [2.45, 2.75) is 6.92 Å². The number of hydrogen-bond acceptors (Lipinski definition) is 2. The zero-order chi connectivity index (χ0) is 8.97. The van der Waals surface area contributed by atoms with Crippen LogP contribution in [0, 0.1) is 18.3 Å². The molecule has 2 heteroatoms. The van der Waals surface area contributed by atoms with Crippen molar-refractivity contribution in [1.29, 1.82) is 5.26 Å². The zero-order valence-corrected chi connectivity index (χ0v) is 7.00. The molecule has 1 aromatic rings. The average Bonchev–Trinajstić information content (AvgIpc) is 2.05. The maximum Gasteiger partial charge on any atom is 0.137 e. The van der Waals surface area contributed by atoms with Gasteiger partial charge in [0.25, 0.3) is 0 Å². The molecule has 0 N–H and O–H groups in total. The predicted octanol–water partition coefficient (Wildman–Crippen LogP) is 2.14. The molecule has 0 bridgehead atoms. The van der Waals surface area contributed by atoms with Crippen molar-refractivity contribution in [2.75, 3.05) is 6.61 Å². The first-order valence-electron chi connectivity index (χ1n) is 3.77. The maximum atomic E-state index is 8.69. The fourth-order valence-electron chi connectivity index (χ4n) is 0.934. The van der Waals surface area contributed by atoms with Gasteiger partial charge in [0.2, 0.25) is 0 Å². The van der Waals surface area contributed by atoms with Crippen molar-refractivity contribution in [1.82, 2.24) is 0 Å². The Morgan fingerprint density at radius 1 is 1.58 bits per heavy atom. The summed E-state index contributed by atoms with van der Waals surface area (Å²) in [6.07, 6.45) is 0. The Balaban J connectivity index is 3.06. The van der Waals surface area contributed by atoms with Crippen molar-refractivity contribution in [3.63, 3.8) is 0 Å². The molecule has 0 aliphatic carbocycles. The monoisotopic (exact) mass is 160 g/mol. The molecule has 0 fully saturated rings. The van der Waals surface area contributed by atoms with Gasteiger partial charge >= 0.3 is 0 Å². The quantitative estimate of drug-likeness (QED) is 0.664. The summed E-state index contributed by atoms with van der Waals surface area (Å²) < 4.78 is 5.25. The van der Waals surface area contributed by atoms with Crippen LogP contribution >= 0.6 is 0 Å². The molecular weight excluding hydrogens is 150 g/mol. The minimum absolute atomic E-state index is 0.559. The van der Waals surface area contributed by atoms with Crippen LogP contribution in [0.2, 0.25) is 0 Å². The number of hydrogen-bond donors (Lipinski definition) is 0. The largest absolute Gasteiger partial charge is 0.492 e. The number of benzene rings is 1. The van der Waals surface area contributed by atoms with Gasteiger partial charge in [-0.15, -0.1) is 0 Å². The zero-order valence-electron chi connectivity index (χ0n) is 7.00. The summed E-state index contributed by atoms with van der Waals surface area (Å²) in [6, 6.07) is 7.33. The van der Waals surface area contributed by atoms with E-state index < -0.39 is 0 Å². The van der Waals surface area contributed by atoms with E-state index in [1.165, 1.54) is 0 Å². The van der Waals surface area contributed by atoms with Crippen LogP contribution in [0.25, 0.3) is 0 Å². The minimum atomic E-state index is 0.559. The first-order valence-corrected chi connectivity index (χ1v) is 3.77. The lowest BCUT2D eigenvalue weighted by Gasteiger charge is -2.04. The fraction of sp³-hybridized carbons (Fsp3) is 0.200. The lowest BCUT2D eigenvalue weighted by atomic mass is 10.1. The normalized spacial score (nSPS) is 9.08. The second-order valence-electron chi connectivity index (χ2n) is 2.38. The molecule has 0 saturated carbocycles. The molecule has 0 amide bonds. The molecule has 0 heterocycles. The molecule has 2 nitrogen and oxygen atoms in total. The summed E-state index contributed by atoms with van der Waals surface area (Å²) in [5.74, 6) is 0.618. The highest BCUT2D eigenvalue weighted by atomic mass is 16.5. The van der Waals surface area contributed by atoms with Gasteiger partial charge in [0.05, 0.1) is 12.2 Å². The number of nitriles is 1. The van der Waals surface area contributed by atoms with E-state index >= 15 is 0 Å². The van der Waals surface area contributed by atoms with Gasteiger partial charge in [-0.3, -0.25) is 0 Å². The van der Waals surface area contributed by atoms with Gasteiger partial charge in [-0.05, 0) is 31.5 Å². The number of rotatable bonds is 2. The molecule has 12 heavy (non-hydrogen) atoms. The van der Waals surface area contributed by atoms with E-state index in [-0.39, 0.29) is 0 Å². The highest BCUT2D eigenvalue weighted by Crippen LogP contribution is 2.18. The Bertz CT molecular complexity index is 312. The molecule has 1 aromatic carbocycles. The summed E-state index contributed by atoms with van der Waals surface area (Å²) in [5, 5.41) is 8.69. The molecule has 0 aliphatic rings. The first-order chi connectivity index (χ1) is 5.77. The van der Waals surface area contributed by atoms with Crippen LogP contribution in [0.5, 0.6) is 5.75 Å². The topological polar surface area (TPSA) is 33.0 Å². The smallest absolute Gasteiger partial charge is 0.137 e. The van der Waals surface area contributed by atoms with Gasteiger partial charge in [-0.1, -0.05) is 6.07 Å². The standard InChI is InChI=1S/C10H10NO/c1-3-12-10-6-8(2)4-5-9(10)7-11/h4-6H,2-3H2,1H3. The van der Waals surface area contributed by atoms with E-state index in [4.69, 9.17) is 10.00 Å². The van der Waals surface area contributed by atoms with E-state index in [2.05, 4.69) is 13.0 Å². The van der Waals surface area contributed by atoms with Gasteiger partial charge in [0.1, 0.15) is 11.8 Å². The number of nitrogens with zero attached hydrogens (tertiary/aromatic N) is 1. The van der Waals surface area contributed by atoms with Crippen molar-refractivity contribution in [3.05, 3.63) is 36.2 Å². The summed E-state index contributed by atoms with van der Waals surface area (Å²) in [6.45, 7) is 6.20. The van der Waals surface area contributed by atoms with Crippen molar-refractivity contribution in [2.24, 2.45) is 0 Å². The second kappa shape index (κ2) is 3.77. The van der Waals surface area contributed by atoms with E-state index in [1.54, 1.807) is 18.2 Å². The van der Waals surface area contributed by atoms with Gasteiger partial charge in [0, 0.05) is 0 Å². The molecule has 1 rings (SSSR count). The summed E-state index contributed by atoms with van der Waals surface area (Å²) >= 11 is 0. The number of ether oxygens (including phenoxy) is 1. The third-order valence-electron chi connectivity index (χ3n) is 1.47. The minimum Gasteiger partial charge on any atom is -0.492 e. The molecule has 1 radical (unpaired) electrons. The molecule has 0 spiro atoms. The van der Waals surface area contributed by atoms with Crippen LogP contribution in [0.15, 0.2) is 18.2 Å². The Hall–Kier alpha value is -1.49. The lowest BCUT2D eigenvalue weighted by molar-refractivity contribution is 0.339. The first kappa shape index (κ1) is 8.61. The Morgan fingerprint density at radius 2 is 2.33 bits per heavy atom. The molecule has 0 atom stereocenters. The highest BCUT2D eigenvalue weighted by Gasteiger charge is 2.01. The van der Waals surface area contributed by atoms with Crippen molar-refractivity contribution >= 4 is 0 Å². The van der Waals surface area contributed by atoms with Crippen LogP contribution in [0.4, 0.5) is 0 Å². The van der Waals surface area contributed by atoms with E-state index in [9.17, 15) is 0 Å². The Kier molecular flexibility index (Phi) is 2.71. The average molecular weight is 160 g/mol. The molecule has 0 aromatic heterocycles. The molecule has 0 aliphatic heterocycles.